The predicted molar refractivity (Wildman–Crippen MR) is 282 cm³/mol. The molecule has 6 heteroatoms. The third-order valence-electron chi connectivity index (χ3n) is 13.2. The monoisotopic (exact) mass is 1080 g/mol. The number of fused-ring (bicyclic) bond motifs is 4. The first-order chi connectivity index (χ1) is 31.4. The number of aromatic nitrogens is 2. The summed E-state index contributed by atoms with van der Waals surface area (Å²) in [6.07, 6.45) is 1.92. The molecule has 0 unspecified atom stereocenters. The van der Waals surface area contributed by atoms with Gasteiger partial charge in [0, 0.05) is 41.4 Å². The molecule has 0 amide bonds. The SMILES string of the molecule is CC(C)(C)c1cccc(-c2cccc3c2[N+](c2cc(C(C)(C)C)cc(C(C)(C)C)c2)=C=[N+]3c2[c-]c(Oc3[c-]c4c(cc3C(C)(C)C)c3ccccc3n4-c3cc(C(C)(C)C)ccn3)ccc2)c1.[Pt+2]. The number of ether oxygens (including phenoxy) is 1. The molecule has 0 radical (unpaired) electrons. The predicted octanol–water partition coefficient (Wildman–Crippen LogP) is 16.6. The van der Waals surface area contributed by atoms with Crippen molar-refractivity contribution in [3.8, 4) is 28.4 Å². The number of nitrogens with zero attached hydrogens (tertiary/aromatic N) is 4. The third-order valence-corrected chi connectivity index (χ3v) is 13.2. The van der Waals surface area contributed by atoms with Gasteiger partial charge in [0.25, 0.3) is 5.69 Å². The smallest absolute Gasteiger partial charge is 0.509 e. The van der Waals surface area contributed by atoms with Crippen LogP contribution in [-0.2, 0) is 48.1 Å². The molecule has 0 fully saturated rings. The van der Waals surface area contributed by atoms with Crippen LogP contribution in [0.15, 0.2) is 128 Å². The molecule has 0 saturated carbocycles. The van der Waals surface area contributed by atoms with Crippen molar-refractivity contribution in [2.24, 2.45) is 0 Å². The van der Waals surface area contributed by atoms with Crippen molar-refractivity contribution in [1.29, 1.82) is 0 Å². The van der Waals surface area contributed by atoms with E-state index in [0.717, 1.165) is 61.5 Å². The largest absolute Gasteiger partial charge is 2.00 e. The van der Waals surface area contributed by atoms with E-state index in [0.29, 0.717) is 11.5 Å². The van der Waals surface area contributed by atoms with Gasteiger partial charge >= 0.3 is 32.8 Å². The molecule has 0 atom stereocenters. The number of benzene rings is 6. The van der Waals surface area contributed by atoms with E-state index in [1.807, 2.05) is 18.3 Å². The van der Waals surface area contributed by atoms with Crippen LogP contribution in [0.1, 0.15) is 132 Å². The van der Waals surface area contributed by atoms with Crippen molar-refractivity contribution in [3.05, 3.63) is 167 Å². The summed E-state index contributed by atoms with van der Waals surface area (Å²) in [6.45, 7) is 34.0. The summed E-state index contributed by atoms with van der Waals surface area (Å²) in [6, 6.07) is 55.4. The van der Waals surface area contributed by atoms with Gasteiger partial charge in [-0.25, -0.2) is 4.98 Å². The average molecular weight is 1080 g/mol. The number of hydrogen-bond acceptors (Lipinski definition) is 2. The van der Waals surface area contributed by atoms with Gasteiger partial charge in [0.2, 0.25) is 5.69 Å². The van der Waals surface area contributed by atoms with Crippen LogP contribution in [0.25, 0.3) is 38.8 Å². The minimum Gasteiger partial charge on any atom is -0.509 e. The molecule has 1 aliphatic heterocycles. The molecule has 68 heavy (non-hydrogen) atoms. The molecule has 0 saturated heterocycles. The van der Waals surface area contributed by atoms with Crippen LogP contribution >= 0.6 is 0 Å². The second-order valence-corrected chi connectivity index (χ2v) is 23.6. The second kappa shape index (κ2) is 17.3. The Morgan fingerprint density at radius 1 is 0.544 bits per heavy atom. The quantitative estimate of drug-likeness (QED) is 0.123. The summed E-state index contributed by atoms with van der Waals surface area (Å²) in [5, 5.41) is 2.26. The maximum absolute atomic E-state index is 7.04. The molecule has 0 spiro atoms. The first-order valence-electron chi connectivity index (χ1n) is 23.8. The van der Waals surface area contributed by atoms with E-state index in [9.17, 15) is 0 Å². The molecular weight excluding hydrogens is 1010 g/mol. The van der Waals surface area contributed by atoms with Gasteiger partial charge in [0.15, 0.2) is 0 Å². The van der Waals surface area contributed by atoms with E-state index in [2.05, 4.69) is 245 Å². The first kappa shape index (κ1) is 48.6. The standard InChI is InChI=1S/C62H66N4O.Pt/c1-58(2,3)41-22-18-21-40(31-41)48-26-20-28-53-57(48)65(46-33-43(60(7,8)9)32-44(34-46)61(10,11)12)39-64(53)45-23-19-24-47(36-45)67-55-38-54-50(37-51(55)62(13,14)15)49-25-16-17-27-52(49)66(54)56-35-42(29-30-63-56)59(4,5)6;/h16-35,37H,1-15H3;/q;+2. The zero-order valence-corrected chi connectivity index (χ0v) is 44.9. The summed E-state index contributed by atoms with van der Waals surface area (Å²) in [5.41, 5.74) is 14.0. The Kier molecular flexibility index (Phi) is 12.3. The third kappa shape index (κ3) is 9.21. The van der Waals surface area contributed by atoms with E-state index in [1.54, 1.807) is 0 Å². The van der Waals surface area contributed by atoms with E-state index < -0.39 is 0 Å². The Bertz CT molecular complexity index is 3300. The fraction of sp³-hybridized carbons (Fsp3) is 0.323. The average Bonchev–Trinajstić information content (AvgIpc) is 3.81. The fourth-order valence-corrected chi connectivity index (χ4v) is 9.05. The zero-order chi connectivity index (χ0) is 48.0. The Balaban J connectivity index is 0.00000625. The molecule has 348 valence electrons. The van der Waals surface area contributed by atoms with Gasteiger partial charge in [-0.3, -0.25) is 0 Å². The van der Waals surface area contributed by atoms with Crippen LogP contribution in [0.2, 0.25) is 0 Å². The van der Waals surface area contributed by atoms with Crippen molar-refractivity contribution < 1.29 is 25.8 Å². The Morgan fingerprint density at radius 2 is 1.18 bits per heavy atom. The normalized spacial score (nSPS) is 13.3. The molecule has 3 heterocycles. The Hall–Kier alpha value is -5.86. The number of rotatable bonds is 6. The molecular formula is C62H66N4OPt+2. The van der Waals surface area contributed by atoms with E-state index >= 15 is 0 Å². The van der Waals surface area contributed by atoms with Crippen LogP contribution in [0.4, 0.5) is 22.7 Å². The molecule has 5 nitrogen and oxygen atoms in total. The van der Waals surface area contributed by atoms with E-state index in [-0.39, 0.29) is 48.1 Å². The summed E-state index contributed by atoms with van der Waals surface area (Å²) in [5.74, 6) is 2.11. The number of hydrogen-bond donors (Lipinski definition) is 0. The molecule has 0 aliphatic carbocycles. The van der Waals surface area contributed by atoms with Crippen molar-refractivity contribution in [1.82, 2.24) is 18.7 Å². The van der Waals surface area contributed by atoms with Gasteiger partial charge < -0.3 is 9.30 Å². The maximum atomic E-state index is 7.04. The van der Waals surface area contributed by atoms with Crippen molar-refractivity contribution in [3.63, 3.8) is 0 Å². The molecule has 6 aromatic carbocycles. The van der Waals surface area contributed by atoms with Crippen LogP contribution in [0, 0.1) is 12.1 Å². The minimum atomic E-state index is -0.255. The second-order valence-electron chi connectivity index (χ2n) is 23.6. The first-order valence-corrected chi connectivity index (χ1v) is 23.8. The Labute approximate surface area is 419 Å². The van der Waals surface area contributed by atoms with Crippen molar-refractivity contribution >= 4 is 50.6 Å². The number of para-hydroxylation sites is 2. The van der Waals surface area contributed by atoms with E-state index in [4.69, 9.17) is 9.72 Å². The summed E-state index contributed by atoms with van der Waals surface area (Å²) in [4.78, 5) is 4.94. The molecule has 1 aliphatic rings. The fourth-order valence-electron chi connectivity index (χ4n) is 9.05. The Morgan fingerprint density at radius 3 is 1.84 bits per heavy atom. The molecule has 8 aromatic rings. The topological polar surface area (TPSA) is 33.1 Å². The minimum absolute atomic E-state index is 0. The zero-order valence-electron chi connectivity index (χ0n) is 42.6. The molecule has 9 rings (SSSR count). The van der Waals surface area contributed by atoms with Crippen LogP contribution in [0.3, 0.4) is 0 Å². The summed E-state index contributed by atoms with van der Waals surface area (Å²) in [7, 11) is 0. The van der Waals surface area contributed by atoms with Gasteiger partial charge in [0.1, 0.15) is 11.5 Å². The van der Waals surface area contributed by atoms with Gasteiger partial charge in [-0.1, -0.05) is 186 Å². The van der Waals surface area contributed by atoms with Gasteiger partial charge in [0.05, 0.1) is 5.56 Å². The van der Waals surface area contributed by atoms with Crippen LogP contribution in [0.5, 0.6) is 11.5 Å². The van der Waals surface area contributed by atoms with E-state index in [1.165, 1.54) is 27.8 Å². The maximum Gasteiger partial charge on any atom is 2.00 e. The van der Waals surface area contributed by atoms with Crippen molar-refractivity contribution in [2.45, 2.75) is 131 Å². The van der Waals surface area contributed by atoms with Gasteiger partial charge in [-0.15, -0.1) is 23.1 Å². The number of pyridine rings is 1. The molecule has 0 N–H and O–H groups in total. The van der Waals surface area contributed by atoms with Crippen molar-refractivity contribution in [2.75, 3.05) is 0 Å². The molecule has 2 aromatic heterocycles. The van der Waals surface area contributed by atoms with Gasteiger partial charge in [-0.05, 0) is 83.7 Å². The summed E-state index contributed by atoms with van der Waals surface area (Å²) < 4.78 is 13.7. The van der Waals surface area contributed by atoms with Crippen LogP contribution in [-0.4, -0.2) is 15.6 Å². The molecule has 0 bridgehead atoms. The van der Waals surface area contributed by atoms with Crippen LogP contribution < -0.4 is 13.9 Å². The summed E-state index contributed by atoms with van der Waals surface area (Å²) >= 11 is 0. The van der Waals surface area contributed by atoms with Gasteiger partial charge in [-0.2, -0.15) is 12.1 Å².